The molecule has 5 heteroatoms. The van der Waals surface area contributed by atoms with Gasteiger partial charge in [0, 0.05) is 39.1 Å². The third-order valence-electron chi connectivity index (χ3n) is 1.99. The van der Waals surface area contributed by atoms with Crippen LogP contribution in [0.2, 0.25) is 0 Å². The smallest absolute Gasteiger partial charge is 0.317 e. The molecule has 1 saturated heterocycles. The van der Waals surface area contributed by atoms with Gasteiger partial charge in [0.25, 0.3) is 0 Å². The van der Waals surface area contributed by atoms with Crippen molar-refractivity contribution in [3.8, 4) is 0 Å². The summed E-state index contributed by atoms with van der Waals surface area (Å²) < 4.78 is 4.49. The Morgan fingerprint density at radius 3 is 2.85 bits per heavy atom. The Morgan fingerprint density at radius 2 is 2.31 bits per heavy atom. The van der Waals surface area contributed by atoms with Crippen LogP contribution in [0.3, 0.4) is 0 Å². The maximum absolute atomic E-state index is 11.2. The van der Waals surface area contributed by atoms with Gasteiger partial charge in [-0.1, -0.05) is 0 Å². The predicted octanol–water partition coefficient (Wildman–Crippen LogP) is -0.161. The average Bonchev–Trinajstić information content (AvgIpc) is 2.08. The topological polar surface area (TPSA) is 46.6 Å². The summed E-state index contributed by atoms with van der Waals surface area (Å²) in [6.07, 6.45) is 0.392. The van der Waals surface area contributed by atoms with Crippen molar-refractivity contribution >= 4 is 11.8 Å². The molecule has 13 heavy (non-hydrogen) atoms. The Bertz CT molecular complexity index is 200. The number of hydrogen-bond donors (Lipinski definition) is 0. The molecule has 0 N–H and O–H groups in total. The molecule has 4 nitrogen and oxygen atoms in total. The largest absolute Gasteiger partial charge is 0.468 e. The Kier molecular flexibility index (Phi) is 5.93. The van der Waals surface area contributed by atoms with Crippen LogP contribution in [0.5, 0.6) is 0 Å². The number of carbonyl (C=O) groups is 2. The van der Waals surface area contributed by atoms with Crippen LogP contribution in [0.25, 0.3) is 0 Å². The van der Waals surface area contributed by atoms with Gasteiger partial charge in [0.1, 0.15) is 11.7 Å². The molecule has 1 heterocycles. The van der Waals surface area contributed by atoms with Crippen LogP contribution in [0.1, 0.15) is 6.42 Å². The fourth-order valence-electron chi connectivity index (χ4n) is 1.24. The van der Waals surface area contributed by atoms with Crippen molar-refractivity contribution in [3.05, 3.63) is 7.05 Å². The molecular formula is C8H12NO3Y-. The molecule has 1 radical (unpaired) electrons. The number of piperidine rings is 1. The predicted molar refractivity (Wildman–Crippen MR) is 42.1 cm³/mol. The third-order valence-corrected chi connectivity index (χ3v) is 1.99. The maximum Gasteiger partial charge on any atom is 0.317 e. The van der Waals surface area contributed by atoms with E-state index in [0.717, 1.165) is 0 Å². The van der Waals surface area contributed by atoms with Crippen LogP contribution < -0.4 is 0 Å². The van der Waals surface area contributed by atoms with Gasteiger partial charge in [-0.25, -0.2) is 0 Å². The number of methoxy groups -OCH3 is 1. The van der Waals surface area contributed by atoms with Crippen molar-refractivity contribution in [2.24, 2.45) is 5.92 Å². The Balaban J connectivity index is 0.00000144. The fourth-order valence-corrected chi connectivity index (χ4v) is 1.24. The molecule has 1 atom stereocenters. The number of hydrogen-bond acceptors (Lipinski definition) is 4. The molecule has 0 spiro atoms. The van der Waals surface area contributed by atoms with Crippen LogP contribution in [-0.2, 0) is 47.0 Å². The van der Waals surface area contributed by atoms with Crippen LogP contribution in [-0.4, -0.2) is 36.9 Å². The Morgan fingerprint density at radius 1 is 1.69 bits per heavy atom. The van der Waals surface area contributed by atoms with E-state index in [9.17, 15) is 9.59 Å². The van der Waals surface area contributed by atoms with E-state index in [4.69, 9.17) is 0 Å². The van der Waals surface area contributed by atoms with E-state index in [1.807, 2.05) is 0 Å². The molecule has 0 aromatic heterocycles. The van der Waals surface area contributed by atoms with Crippen molar-refractivity contribution in [3.63, 3.8) is 0 Å². The first-order chi connectivity index (χ1) is 5.65. The first kappa shape index (κ1) is 13.2. The number of rotatable bonds is 1. The second-order valence-electron chi connectivity index (χ2n) is 2.87. The summed E-state index contributed by atoms with van der Waals surface area (Å²) in [5.74, 6) is -1.11. The first-order valence-electron chi connectivity index (χ1n) is 3.81. The second kappa shape index (κ2) is 5.83. The number of ether oxygens (including phenoxy) is 1. The molecule has 1 fully saturated rings. The number of Topliss-reactive ketones (excluding diaryl/α,β-unsaturated/α-hetero) is 1. The minimum Gasteiger partial charge on any atom is -0.468 e. The summed E-state index contributed by atoms with van der Waals surface area (Å²) in [6, 6.07) is 0. The van der Waals surface area contributed by atoms with Gasteiger partial charge in [0.15, 0.2) is 0 Å². The van der Waals surface area contributed by atoms with Crippen LogP contribution in [0.4, 0.5) is 0 Å². The van der Waals surface area contributed by atoms with Gasteiger partial charge in [-0.15, -0.1) is 0 Å². The summed E-state index contributed by atoms with van der Waals surface area (Å²) in [5.41, 5.74) is 0. The summed E-state index contributed by atoms with van der Waals surface area (Å²) in [6.45, 7) is 1.01. The molecule has 1 rings (SSSR count). The molecule has 0 aromatic carbocycles. The molecule has 71 valence electrons. The van der Waals surface area contributed by atoms with Crippen LogP contribution in [0.15, 0.2) is 0 Å². The van der Waals surface area contributed by atoms with Crippen molar-refractivity contribution in [2.45, 2.75) is 6.42 Å². The molecule has 0 bridgehead atoms. The van der Waals surface area contributed by atoms with Crippen molar-refractivity contribution < 1.29 is 47.0 Å². The third kappa shape index (κ3) is 3.45. The number of esters is 1. The van der Waals surface area contributed by atoms with E-state index in [1.165, 1.54) is 7.11 Å². The second-order valence-corrected chi connectivity index (χ2v) is 2.87. The number of ketones is 1. The summed E-state index contributed by atoms with van der Waals surface area (Å²) in [7, 11) is 4.96. The zero-order chi connectivity index (χ0) is 9.14. The van der Waals surface area contributed by atoms with Gasteiger partial charge < -0.3 is 9.64 Å². The zero-order valence-corrected chi connectivity index (χ0v) is 10.5. The first-order valence-corrected chi connectivity index (χ1v) is 3.81. The number of likely N-dealkylation sites (tertiary alicyclic amines) is 1. The van der Waals surface area contributed by atoms with Gasteiger partial charge in [-0.2, -0.15) is 0 Å². The van der Waals surface area contributed by atoms with Gasteiger partial charge >= 0.3 is 5.97 Å². The minimum atomic E-state index is -0.624. The molecule has 1 unspecified atom stereocenters. The van der Waals surface area contributed by atoms with E-state index in [2.05, 4.69) is 11.8 Å². The van der Waals surface area contributed by atoms with Crippen molar-refractivity contribution in [2.75, 3.05) is 20.2 Å². The average molecular weight is 259 g/mol. The van der Waals surface area contributed by atoms with E-state index < -0.39 is 11.9 Å². The summed E-state index contributed by atoms with van der Waals surface area (Å²) in [5, 5.41) is 0. The van der Waals surface area contributed by atoms with E-state index in [0.29, 0.717) is 19.5 Å². The monoisotopic (exact) mass is 259 g/mol. The molecule has 0 saturated carbocycles. The normalized spacial score (nSPS) is 23.5. The van der Waals surface area contributed by atoms with Crippen molar-refractivity contribution in [1.82, 2.24) is 4.90 Å². The molecular weight excluding hydrogens is 247 g/mol. The van der Waals surface area contributed by atoms with Crippen LogP contribution in [0, 0.1) is 13.0 Å². The zero-order valence-electron chi connectivity index (χ0n) is 7.66. The van der Waals surface area contributed by atoms with E-state index in [-0.39, 0.29) is 38.5 Å². The molecule has 1 aliphatic rings. The van der Waals surface area contributed by atoms with Gasteiger partial charge in [-0.05, 0) is 13.1 Å². The Labute approximate surface area is 103 Å². The molecule has 0 amide bonds. The van der Waals surface area contributed by atoms with E-state index >= 15 is 0 Å². The van der Waals surface area contributed by atoms with Gasteiger partial charge in [0.2, 0.25) is 0 Å². The Hall–Kier alpha value is 0.204. The minimum absolute atomic E-state index is 0. The van der Waals surface area contributed by atoms with E-state index in [1.54, 1.807) is 4.90 Å². The standard InChI is InChI=1S/C8H12NO3.Y/c1-9-4-3-7(10)6(5-9)8(11)12-2;/h6H,1,3-5H2,2H3;/q-1;. The quantitative estimate of drug-likeness (QED) is 0.373. The SMILES string of the molecule is [CH2-]N1CCC(=O)C(C(=O)OC)C1.[Y]. The van der Waals surface area contributed by atoms with Crippen molar-refractivity contribution in [1.29, 1.82) is 0 Å². The molecule has 0 aliphatic carbocycles. The number of carbonyl (C=O) groups excluding carboxylic acids is 2. The molecule has 1 aliphatic heterocycles. The van der Waals surface area contributed by atoms with Crippen LogP contribution >= 0.6 is 0 Å². The van der Waals surface area contributed by atoms with Gasteiger partial charge in [-0.3, -0.25) is 16.6 Å². The fraction of sp³-hybridized carbons (Fsp3) is 0.625. The number of nitrogens with zero attached hydrogens (tertiary/aromatic N) is 1. The maximum atomic E-state index is 11.2. The summed E-state index contributed by atoms with van der Waals surface area (Å²) in [4.78, 5) is 23.9. The molecule has 0 aromatic rings. The van der Waals surface area contributed by atoms with Gasteiger partial charge in [0.05, 0.1) is 7.11 Å². The summed E-state index contributed by atoms with van der Waals surface area (Å²) >= 11 is 0.